The zero-order valence-electron chi connectivity index (χ0n) is 18.6. The van der Waals surface area contributed by atoms with Crippen molar-refractivity contribution >= 4 is 11.8 Å². The molecule has 2 atom stereocenters. The Morgan fingerprint density at radius 1 is 1.24 bits per heavy atom. The second-order valence-electron chi connectivity index (χ2n) is 8.61. The Balaban J connectivity index is 1.56. The van der Waals surface area contributed by atoms with Gasteiger partial charge in [0.05, 0.1) is 30.5 Å². The van der Waals surface area contributed by atoms with Crippen LogP contribution in [-0.4, -0.2) is 45.5 Å². The molecule has 1 saturated heterocycles. The van der Waals surface area contributed by atoms with Crippen LogP contribution in [0.15, 0.2) is 24.4 Å². The standard InChI is InChI=1S/C23H27F3N4O3/c1-14-5-3-4-8-29(14)22(32)18-11-17(19-13-33-10-9-30(18)19)21(31)28-15(2)16-6-7-20(27-12-16)23(24,25)26/h6-7,11-12,14-15H,3-5,8-10,13H2,1-2H3,(H,28,31)/t14?,15-/m1/s1. The first-order valence-corrected chi connectivity index (χ1v) is 11.1. The van der Waals surface area contributed by atoms with E-state index < -0.39 is 23.8 Å². The van der Waals surface area contributed by atoms with E-state index in [1.54, 1.807) is 13.0 Å². The van der Waals surface area contributed by atoms with Crippen LogP contribution in [0, 0.1) is 0 Å². The van der Waals surface area contributed by atoms with Gasteiger partial charge in [0.25, 0.3) is 11.8 Å². The summed E-state index contributed by atoms with van der Waals surface area (Å²) >= 11 is 0. The fourth-order valence-corrected chi connectivity index (χ4v) is 4.43. The third kappa shape index (κ3) is 4.75. The van der Waals surface area contributed by atoms with E-state index in [1.165, 1.54) is 6.07 Å². The molecule has 178 valence electrons. The van der Waals surface area contributed by atoms with Crippen molar-refractivity contribution in [2.45, 2.75) is 64.5 Å². The lowest BCUT2D eigenvalue weighted by atomic mass is 10.0. The molecule has 2 aliphatic rings. The van der Waals surface area contributed by atoms with Gasteiger partial charge in [-0.2, -0.15) is 13.2 Å². The Bertz CT molecular complexity index is 1030. The number of piperidine rings is 1. The Morgan fingerprint density at radius 2 is 2.03 bits per heavy atom. The minimum absolute atomic E-state index is 0.0932. The SMILES string of the molecule is CC1CCCCN1C(=O)c1cc(C(=O)N[C@H](C)c2ccc(C(F)(F)F)nc2)c2n1CCOC2. The number of aromatic nitrogens is 2. The number of fused-ring (bicyclic) bond motifs is 1. The highest BCUT2D eigenvalue weighted by Gasteiger charge is 2.33. The van der Waals surface area contributed by atoms with Crippen LogP contribution in [0.2, 0.25) is 0 Å². The molecule has 1 N–H and O–H groups in total. The van der Waals surface area contributed by atoms with Crippen LogP contribution < -0.4 is 5.32 Å². The molecule has 0 aromatic carbocycles. The summed E-state index contributed by atoms with van der Waals surface area (Å²) in [6, 6.07) is 3.37. The number of rotatable bonds is 4. The van der Waals surface area contributed by atoms with E-state index in [4.69, 9.17) is 4.74 Å². The van der Waals surface area contributed by atoms with E-state index in [2.05, 4.69) is 10.3 Å². The lowest BCUT2D eigenvalue weighted by Crippen LogP contribution is -2.43. The molecule has 2 aromatic rings. The summed E-state index contributed by atoms with van der Waals surface area (Å²) in [4.78, 5) is 31.7. The molecular weight excluding hydrogens is 437 g/mol. The number of ether oxygens (including phenoxy) is 1. The zero-order chi connectivity index (χ0) is 23.8. The van der Waals surface area contributed by atoms with Gasteiger partial charge in [-0.15, -0.1) is 0 Å². The number of likely N-dealkylation sites (tertiary alicyclic amines) is 1. The summed E-state index contributed by atoms with van der Waals surface area (Å²) in [5.74, 6) is -0.508. The molecule has 1 unspecified atom stereocenters. The maximum absolute atomic E-state index is 13.3. The molecule has 33 heavy (non-hydrogen) atoms. The molecule has 0 bridgehead atoms. The maximum Gasteiger partial charge on any atom is 0.433 e. The molecule has 10 heteroatoms. The molecule has 2 amide bonds. The monoisotopic (exact) mass is 464 g/mol. The summed E-state index contributed by atoms with van der Waals surface area (Å²) in [5.41, 5.74) is 0.896. The molecule has 0 spiro atoms. The quantitative estimate of drug-likeness (QED) is 0.744. The van der Waals surface area contributed by atoms with Gasteiger partial charge in [0.2, 0.25) is 0 Å². The van der Waals surface area contributed by atoms with E-state index in [1.807, 2.05) is 16.4 Å². The van der Waals surface area contributed by atoms with Gasteiger partial charge in [0.1, 0.15) is 11.4 Å². The molecule has 0 saturated carbocycles. The Labute approximate surface area is 189 Å². The number of halogens is 3. The molecule has 2 aliphatic heterocycles. The van der Waals surface area contributed by atoms with Crippen molar-refractivity contribution in [3.63, 3.8) is 0 Å². The maximum atomic E-state index is 13.3. The summed E-state index contributed by atoms with van der Waals surface area (Å²) in [6.07, 6.45) is -0.410. The largest absolute Gasteiger partial charge is 0.433 e. The minimum atomic E-state index is -4.52. The highest BCUT2D eigenvalue weighted by Crippen LogP contribution is 2.29. The number of nitrogens with one attached hydrogen (secondary N) is 1. The van der Waals surface area contributed by atoms with Crippen molar-refractivity contribution in [2.75, 3.05) is 13.2 Å². The number of nitrogens with zero attached hydrogens (tertiary/aromatic N) is 3. The number of hydrogen-bond donors (Lipinski definition) is 1. The van der Waals surface area contributed by atoms with Crippen molar-refractivity contribution in [1.82, 2.24) is 19.8 Å². The predicted octanol–water partition coefficient (Wildman–Crippen LogP) is 3.94. The van der Waals surface area contributed by atoms with Crippen molar-refractivity contribution in [3.8, 4) is 0 Å². The van der Waals surface area contributed by atoms with E-state index in [0.29, 0.717) is 42.2 Å². The summed E-state index contributed by atoms with van der Waals surface area (Å²) in [5, 5.41) is 2.81. The average molecular weight is 464 g/mol. The van der Waals surface area contributed by atoms with Gasteiger partial charge < -0.3 is 19.5 Å². The molecule has 1 fully saturated rings. The first kappa shape index (κ1) is 23.3. The smallest absolute Gasteiger partial charge is 0.373 e. The lowest BCUT2D eigenvalue weighted by Gasteiger charge is -2.34. The molecule has 2 aromatic heterocycles. The van der Waals surface area contributed by atoms with Crippen molar-refractivity contribution in [2.24, 2.45) is 0 Å². The predicted molar refractivity (Wildman–Crippen MR) is 114 cm³/mol. The number of pyridine rings is 1. The van der Waals surface area contributed by atoms with E-state index in [9.17, 15) is 22.8 Å². The third-order valence-corrected chi connectivity index (χ3v) is 6.36. The van der Waals surface area contributed by atoms with Crippen molar-refractivity contribution in [3.05, 3.63) is 52.6 Å². The van der Waals surface area contributed by atoms with E-state index in [-0.39, 0.29) is 18.6 Å². The number of hydrogen-bond acceptors (Lipinski definition) is 4. The van der Waals surface area contributed by atoms with Gasteiger partial charge in [-0.1, -0.05) is 6.07 Å². The summed E-state index contributed by atoms with van der Waals surface area (Å²) < 4.78 is 45.7. The molecule has 0 aliphatic carbocycles. The number of carbonyl (C=O) groups excluding carboxylic acids is 2. The number of amides is 2. The second kappa shape index (κ2) is 9.17. The Kier molecular flexibility index (Phi) is 6.47. The Morgan fingerprint density at radius 3 is 2.70 bits per heavy atom. The third-order valence-electron chi connectivity index (χ3n) is 6.36. The van der Waals surface area contributed by atoms with Crippen LogP contribution >= 0.6 is 0 Å². The van der Waals surface area contributed by atoms with Gasteiger partial charge in [-0.05, 0) is 50.8 Å². The zero-order valence-corrected chi connectivity index (χ0v) is 18.6. The van der Waals surface area contributed by atoms with Crippen LogP contribution in [0.25, 0.3) is 0 Å². The fourth-order valence-electron chi connectivity index (χ4n) is 4.43. The van der Waals surface area contributed by atoms with Gasteiger partial charge in [0, 0.05) is 25.3 Å². The molecular formula is C23H27F3N4O3. The highest BCUT2D eigenvalue weighted by atomic mass is 19.4. The molecule has 7 nitrogen and oxygen atoms in total. The molecule has 4 rings (SSSR count). The van der Waals surface area contributed by atoms with Gasteiger partial charge in [-0.25, -0.2) is 0 Å². The number of alkyl halides is 3. The lowest BCUT2D eigenvalue weighted by molar-refractivity contribution is -0.141. The van der Waals surface area contributed by atoms with Gasteiger partial charge in [-0.3, -0.25) is 14.6 Å². The topological polar surface area (TPSA) is 76.5 Å². The van der Waals surface area contributed by atoms with Gasteiger partial charge in [0.15, 0.2) is 0 Å². The molecule has 4 heterocycles. The van der Waals surface area contributed by atoms with Crippen LogP contribution in [0.1, 0.15) is 76.9 Å². The van der Waals surface area contributed by atoms with Crippen molar-refractivity contribution in [1.29, 1.82) is 0 Å². The van der Waals surface area contributed by atoms with Crippen LogP contribution in [0.3, 0.4) is 0 Å². The first-order chi connectivity index (χ1) is 15.7. The van der Waals surface area contributed by atoms with Crippen LogP contribution in [0.4, 0.5) is 13.2 Å². The first-order valence-electron chi connectivity index (χ1n) is 11.1. The summed E-state index contributed by atoms with van der Waals surface area (Å²) in [7, 11) is 0. The van der Waals surface area contributed by atoms with Crippen LogP contribution in [-0.2, 0) is 24.1 Å². The minimum Gasteiger partial charge on any atom is -0.373 e. The number of carbonyl (C=O) groups is 2. The normalized spacial score (nSPS) is 19.7. The Hall–Kier alpha value is -2.88. The van der Waals surface area contributed by atoms with E-state index >= 15 is 0 Å². The van der Waals surface area contributed by atoms with E-state index in [0.717, 1.165) is 31.5 Å². The summed E-state index contributed by atoms with van der Waals surface area (Å²) in [6.45, 7) is 5.53. The molecule has 0 radical (unpaired) electrons. The van der Waals surface area contributed by atoms with Gasteiger partial charge >= 0.3 is 6.18 Å². The fraction of sp³-hybridized carbons (Fsp3) is 0.522. The van der Waals surface area contributed by atoms with Crippen LogP contribution in [0.5, 0.6) is 0 Å². The van der Waals surface area contributed by atoms with Crippen molar-refractivity contribution < 1.29 is 27.5 Å². The highest BCUT2D eigenvalue weighted by molar-refractivity contribution is 6.01. The average Bonchev–Trinajstić information content (AvgIpc) is 3.18. The second-order valence-corrected chi connectivity index (χ2v) is 8.61.